The Morgan fingerprint density at radius 2 is 1.70 bits per heavy atom. The summed E-state index contributed by atoms with van der Waals surface area (Å²) in [5.41, 5.74) is 3.86. The fraction of sp³-hybridized carbons (Fsp3) is 0. The Morgan fingerprint density at radius 3 is 2.45 bits per heavy atom. The molecule has 0 unspecified atom stereocenters. The Kier molecular flexibility index (Phi) is 3.09. The first-order chi connectivity index (χ1) is 9.75. The quantitative estimate of drug-likeness (QED) is 0.703. The lowest BCUT2D eigenvalue weighted by atomic mass is 10.0. The number of aliphatic carboxylic acids is 1. The van der Waals surface area contributed by atoms with Crippen molar-refractivity contribution >= 4 is 22.9 Å². The molecule has 0 saturated carbocycles. The van der Waals surface area contributed by atoms with Crippen LogP contribution in [0.5, 0.6) is 0 Å². The van der Waals surface area contributed by atoms with E-state index in [9.17, 15) is 4.79 Å². The molecule has 2 N–H and O–H groups in total. The summed E-state index contributed by atoms with van der Waals surface area (Å²) >= 11 is 0. The van der Waals surface area contributed by atoms with Gasteiger partial charge in [0.05, 0.1) is 5.69 Å². The van der Waals surface area contributed by atoms with Gasteiger partial charge in [0.15, 0.2) is 0 Å². The molecule has 0 aliphatic rings. The fourth-order valence-electron chi connectivity index (χ4n) is 2.32. The Labute approximate surface area is 116 Å². The number of hydrogen-bond acceptors (Lipinski definition) is 1. The molecule has 1 heterocycles. The molecule has 0 spiro atoms. The highest BCUT2D eigenvalue weighted by Gasteiger charge is 2.10. The van der Waals surface area contributed by atoms with Crippen LogP contribution in [0.3, 0.4) is 0 Å². The summed E-state index contributed by atoms with van der Waals surface area (Å²) in [6.07, 6.45) is 2.81. The summed E-state index contributed by atoms with van der Waals surface area (Å²) in [6, 6.07) is 17.8. The molecule has 98 valence electrons. The highest BCUT2D eigenvalue weighted by Crippen LogP contribution is 2.31. The van der Waals surface area contributed by atoms with Gasteiger partial charge in [-0.2, -0.15) is 0 Å². The summed E-state index contributed by atoms with van der Waals surface area (Å²) in [6.45, 7) is 0. The summed E-state index contributed by atoms with van der Waals surface area (Å²) in [4.78, 5) is 14.1. The zero-order chi connectivity index (χ0) is 13.9. The third-order valence-electron chi connectivity index (χ3n) is 3.20. The normalized spacial score (nSPS) is 11.2. The molecule has 2 aromatic carbocycles. The van der Waals surface area contributed by atoms with Crippen molar-refractivity contribution < 1.29 is 9.90 Å². The predicted molar refractivity (Wildman–Crippen MR) is 80.4 cm³/mol. The minimum absolute atomic E-state index is 0.897. The lowest BCUT2D eigenvalue weighted by molar-refractivity contribution is -0.131. The van der Waals surface area contributed by atoms with Gasteiger partial charge in [-0.25, -0.2) is 4.79 Å². The largest absolute Gasteiger partial charge is 0.478 e. The zero-order valence-electron chi connectivity index (χ0n) is 10.7. The molecule has 0 amide bonds. The fourth-order valence-corrected chi connectivity index (χ4v) is 2.32. The monoisotopic (exact) mass is 263 g/mol. The molecule has 1 aromatic heterocycles. The molecule has 3 aromatic rings. The molecule has 3 heteroatoms. The average Bonchev–Trinajstić information content (AvgIpc) is 2.84. The van der Waals surface area contributed by atoms with Crippen LogP contribution in [0.4, 0.5) is 0 Å². The van der Waals surface area contributed by atoms with Crippen molar-refractivity contribution in [1.82, 2.24) is 4.98 Å². The molecule has 3 nitrogen and oxygen atoms in total. The number of carboxylic acids is 1. The van der Waals surface area contributed by atoms with Crippen molar-refractivity contribution in [2.45, 2.75) is 0 Å². The van der Waals surface area contributed by atoms with Crippen LogP contribution in [0.15, 0.2) is 60.7 Å². The van der Waals surface area contributed by atoms with Crippen LogP contribution in [-0.2, 0) is 4.79 Å². The standard InChI is InChI=1S/C17H13NO2/c19-16(20)11-10-14-13-8-4-5-9-15(13)18-17(14)12-6-2-1-3-7-12/h1-11,18H,(H,19,20). The summed E-state index contributed by atoms with van der Waals surface area (Å²) in [5, 5.41) is 9.87. The van der Waals surface area contributed by atoms with Gasteiger partial charge in [-0.3, -0.25) is 0 Å². The second-order valence-corrected chi connectivity index (χ2v) is 4.50. The van der Waals surface area contributed by atoms with Crippen molar-refractivity contribution in [1.29, 1.82) is 0 Å². The van der Waals surface area contributed by atoms with Crippen LogP contribution in [0, 0.1) is 0 Å². The molecule has 0 radical (unpaired) electrons. The Morgan fingerprint density at radius 1 is 1.00 bits per heavy atom. The number of para-hydroxylation sites is 1. The third-order valence-corrected chi connectivity index (χ3v) is 3.20. The van der Waals surface area contributed by atoms with Gasteiger partial charge in [0.2, 0.25) is 0 Å². The van der Waals surface area contributed by atoms with Crippen molar-refractivity contribution in [2.24, 2.45) is 0 Å². The van der Waals surface area contributed by atoms with E-state index in [1.807, 2.05) is 54.6 Å². The first-order valence-corrected chi connectivity index (χ1v) is 6.33. The molecular formula is C17H13NO2. The molecule has 20 heavy (non-hydrogen) atoms. The van der Waals surface area contributed by atoms with Crippen LogP contribution in [0.1, 0.15) is 5.56 Å². The van der Waals surface area contributed by atoms with Gasteiger partial charge in [0.25, 0.3) is 0 Å². The van der Waals surface area contributed by atoms with E-state index in [1.165, 1.54) is 6.08 Å². The molecule has 3 rings (SSSR count). The van der Waals surface area contributed by atoms with Crippen LogP contribution in [-0.4, -0.2) is 16.1 Å². The number of carbonyl (C=O) groups is 1. The van der Waals surface area contributed by atoms with E-state index in [2.05, 4.69) is 4.98 Å². The van der Waals surface area contributed by atoms with E-state index in [0.29, 0.717) is 0 Å². The molecule has 0 saturated heterocycles. The number of aromatic amines is 1. The van der Waals surface area contributed by atoms with Gasteiger partial charge in [-0.15, -0.1) is 0 Å². The van der Waals surface area contributed by atoms with Crippen LogP contribution in [0.25, 0.3) is 28.2 Å². The Hall–Kier alpha value is -2.81. The molecule has 0 aliphatic carbocycles. The molecular weight excluding hydrogens is 250 g/mol. The number of nitrogens with one attached hydrogen (secondary N) is 1. The van der Waals surface area contributed by atoms with E-state index in [4.69, 9.17) is 5.11 Å². The van der Waals surface area contributed by atoms with Crippen LogP contribution < -0.4 is 0 Å². The van der Waals surface area contributed by atoms with E-state index >= 15 is 0 Å². The van der Waals surface area contributed by atoms with Gasteiger partial charge in [0.1, 0.15) is 0 Å². The number of H-pyrrole nitrogens is 1. The van der Waals surface area contributed by atoms with E-state index < -0.39 is 5.97 Å². The lowest BCUT2D eigenvalue weighted by Gasteiger charge is -2.00. The minimum Gasteiger partial charge on any atom is -0.478 e. The maximum atomic E-state index is 10.8. The van der Waals surface area contributed by atoms with Crippen molar-refractivity contribution in [2.75, 3.05) is 0 Å². The SMILES string of the molecule is O=C(O)C=Cc1c(-c2ccccc2)[nH]c2ccccc12. The lowest BCUT2D eigenvalue weighted by Crippen LogP contribution is -1.86. The second-order valence-electron chi connectivity index (χ2n) is 4.50. The van der Waals surface area contributed by atoms with Gasteiger partial charge in [0, 0.05) is 22.5 Å². The smallest absolute Gasteiger partial charge is 0.328 e. The third kappa shape index (κ3) is 2.21. The van der Waals surface area contributed by atoms with Gasteiger partial charge < -0.3 is 10.1 Å². The number of aromatic nitrogens is 1. The summed E-state index contributed by atoms with van der Waals surface area (Å²) in [7, 11) is 0. The first kappa shape index (κ1) is 12.2. The maximum Gasteiger partial charge on any atom is 0.328 e. The van der Waals surface area contributed by atoms with Crippen molar-refractivity contribution in [3.63, 3.8) is 0 Å². The van der Waals surface area contributed by atoms with Gasteiger partial charge in [-0.05, 0) is 17.7 Å². The number of rotatable bonds is 3. The molecule has 0 aliphatic heterocycles. The van der Waals surface area contributed by atoms with E-state index in [1.54, 1.807) is 6.08 Å². The first-order valence-electron chi connectivity index (χ1n) is 6.33. The van der Waals surface area contributed by atoms with E-state index in [0.717, 1.165) is 27.7 Å². The van der Waals surface area contributed by atoms with Crippen molar-refractivity contribution in [3.05, 3.63) is 66.2 Å². The number of fused-ring (bicyclic) bond motifs is 1. The minimum atomic E-state index is -0.950. The van der Waals surface area contributed by atoms with Gasteiger partial charge in [-0.1, -0.05) is 48.5 Å². The molecule has 0 bridgehead atoms. The van der Waals surface area contributed by atoms with Crippen molar-refractivity contribution in [3.8, 4) is 11.3 Å². The van der Waals surface area contributed by atoms with Crippen LogP contribution >= 0.6 is 0 Å². The number of hydrogen-bond donors (Lipinski definition) is 2. The van der Waals surface area contributed by atoms with E-state index in [-0.39, 0.29) is 0 Å². The summed E-state index contributed by atoms with van der Waals surface area (Å²) < 4.78 is 0. The number of carboxylic acid groups (broad SMARTS) is 1. The Bertz CT molecular complexity index is 785. The Balaban J connectivity index is 2.25. The highest BCUT2D eigenvalue weighted by atomic mass is 16.4. The second kappa shape index (κ2) is 5.05. The van der Waals surface area contributed by atoms with Gasteiger partial charge >= 0.3 is 5.97 Å². The molecule has 0 fully saturated rings. The van der Waals surface area contributed by atoms with Crippen LogP contribution in [0.2, 0.25) is 0 Å². The molecule has 0 atom stereocenters. The summed E-state index contributed by atoms with van der Waals surface area (Å²) in [5.74, 6) is -0.950. The average molecular weight is 263 g/mol. The number of benzene rings is 2. The highest BCUT2D eigenvalue weighted by molar-refractivity contribution is 5.99. The zero-order valence-corrected chi connectivity index (χ0v) is 10.7. The topological polar surface area (TPSA) is 53.1 Å². The predicted octanol–water partition coefficient (Wildman–Crippen LogP) is 3.93. The maximum absolute atomic E-state index is 10.8.